The molecular formula is C46H92N2NiO4. The van der Waals surface area contributed by atoms with E-state index in [-0.39, 0.29) is 41.4 Å². The maximum Gasteiger partial charge on any atom is 2.00 e. The van der Waals surface area contributed by atoms with E-state index in [0.29, 0.717) is 0 Å². The van der Waals surface area contributed by atoms with Gasteiger partial charge in [0.15, 0.2) is 0 Å². The van der Waals surface area contributed by atoms with Crippen molar-refractivity contribution in [2.75, 3.05) is 27.2 Å². The molecule has 0 N–H and O–H groups in total. The van der Waals surface area contributed by atoms with E-state index in [2.05, 4.69) is 23.6 Å². The van der Waals surface area contributed by atoms with Crippen molar-refractivity contribution in [1.82, 2.24) is 9.80 Å². The smallest absolute Gasteiger partial charge is 0.550 e. The average Bonchev–Trinajstić information content (AvgIpc) is 3.10. The maximum absolute atomic E-state index is 10.6. The van der Waals surface area contributed by atoms with Crippen LogP contribution in [0.5, 0.6) is 0 Å². The number of carboxylic acid groups (broad SMARTS) is 2. The van der Waals surface area contributed by atoms with Crippen molar-refractivity contribution >= 4 is 11.9 Å². The minimum atomic E-state index is -0.948. The zero-order chi connectivity index (χ0) is 38.9. The first kappa shape index (κ1) is 56.7. The molecule has 0 amide bonds. The molecule has 0 aromatic heterocycles. The van der Waals surface area contributed by atoms with Gasteiger partial charge in [0.05, 0.1) is 0 Å². The van der Waals surface area contributed by atoms with Crippen LogP contribution < -0.4 is 10.2 Å². The summed E-state index contributed by atoms with van der Waals surface area (Å²) >= 11 is 0. The molecule has 0 aromatic rings. The second-order valence-corrected chi connectivity index (χ2v) is 16.4. The van der Waals surface area contributed by atoms with Gasteiger partial charge in [0, 0.05) is 36.9 Å². The third-order valence-corrected chi connectivity index (χ3v) is 11.2. The number of hydrogen-bond donors (Lipinski definition) is 0. The van der Waals surface area contributed by atoms with E-state index in [1.165, 1.54) is 205 Å². The number of nitrogens with zero attached hydrogens (tertiary/aromatic N) is 2. The molecule has 0 radical (unpaired) electrons. The number of carbonyl (C=O) groups excluding carboxylic acids is 2. The molecule has 7 heteroatoms. The van der Waals surface area contributed by atoms with E-state index >= 15 is 0 Å². The van der Waals surface area contributed by atoms with Gasteiger partial charge in [0.2, 0.25) is 0 Å². The first-order valence-corrected chi connectivity index (χ1v) is 23.0. The van der Waals surface area contributed by atoms with E-state index in [1.807, 2.05) is 27.9 Å². The topological polar surface area (TPSA) is 86.7 Å². The Bertz CT molecular complexity index is 680. The SMILES string of the molecule is CCCCCCCCCCCCCCCCCCN(C)[C@H](C)CC(=O)[O-].CCCCCCCCCCCCCCCCCCN(C)[C@H](C)CC(=O)[O-].[Ni+2]. The quantitative estimate of drug-likeness (QED) is 0.0453. The molecule has 0 fully saturated rings. The second-order valence-electron chi connectivity index (χ2n) is 16.4. The summed E-state index contributed by atoms with van der Waals surface area (Å²) in [5.74, 6) is -1.90. The molecule has 6 nitrogen and oxygen atoms in total. The van der Waals surface area contributed by atoms with Crippen LogP contribution in [0.3, 0.4) is 0 Å². The van der Waals surface area contributed by atoms with E-state index in [0.717, 1.165) is 13.1 Å². The number of unbranched alkanes of at least 4 members (excludes halogenated alkanes) is 30. The fourth-order valence-corrected chi connectivity index (χ4v) is 7.05. The molecule has 0 spiro atoms. The molecule has 2 atom stereocenters. The molecule has 0 heterocycles. The van der Waals surface area contributed by atoms with Gasteiger partial charge in [-0.25, -0.2) is 0 Å². The Kier molecular flexibility index (Phi) is 48.9. The van der Waals surface area contributed by atoms with Crippen molar-refractivity contribution in [3.63, 3.8) is 0 Å². The van der Waals surface area contributed by atoms with E-state index in [1.54, 1.807) is 0 Å². The molecule has 320 valence electrons. The summed E-state index contributed by atoms with van der Waals surface area (Å²) < 4.78 is 0. The zero-order valence-electron chi connectivity index (χ0n) is 36.5. The molecule has 0 unspecified atom stereocenters. The van der Waals surface area contributed by atoms with Crippen LogP contribution in [-0.4, -0.2) is 61.0 Å². The first-order chi connectivity index (χ1) is 25.1. The molecule has 0 bridgehead atoms. The van der Waals surface area contributed by atoms with Crippen LogP contribution >= 0.6 is 0 Å². The Morgan fingerprint density at radius 1 is 0.377 bits per heavy atom. The van der Waals surface area contributed by atoms with Crippen molar-refractivity contribution in [2.45, 2.75) is 258 Å². The standard InChI is InChI=1S/2C23H47NO2.Ni/c2*1-4-5-6-7-8-9-10-11-12-13-14-15-16-17-18-19-20-24(3)22(2)21-23(25)26;/h2*22H,4-21H2,1-3H3,(H,25,26);/q;;+2/p-2/t2*22-;/m11./s1. The van der Waals surface area contributed by atoms with Crippen molar-refractivity contribution in [3.8, 4) is 0 Å². The van der Waals surface area contributed by atoms with Gasteiger partial charge in [-0.3, -0.25) is 0 Å². The average molecular weight is 796 g/mol. The Morgan fingerprint density at radius 3 is 0.717 bits per heavy atom. The second kappa shape index (κ2) is 45.7. The fourth-order valence-electron chi connectivity index (χ4n) is 7.05. The zero-order valence-corrected chi connectivity index (χ0v) is 37.4. The third kappa shape index (κ3) is 47.4. The number of carbonyl (C=O) groups is 2. The van der Waals surface area contributed by atoms with E-state index in [9.17, 15) is 19.8 Å². The molecular weight excluding hydrogens is 703 g/mol. The number of aliphatic carboxylic acids is 2. The fraction of sp³-hybridized carbons (Fsp3) is 0.957. The number of rotatable bonds is 40. The predicted octanol–water partition coefficient (Wildman–Crippen LogP) is 11.4. The third-order valence-electron chi connectivity index (χ3n) is 11.2. The van der Waals surface area contributed by atoms with Crippen LogP contribution in [0.4, 0.5) is 0 Å². The van der Waals surface area contributed by atoms with Gasteiger partial charge in [0.1, 0.15) is 0 Å². The molecule has 0 aliphatic rings. The van der Waals surface area contributed by atoms with Gasteiger partial charge >= 0.3 is 16.5 Å². The summed E-state index contributed by atoms with van der Waals surface area (Å²) in [5.41, 5.74) is 0. The summed E-state index contributed by atoms with van der Waals surface area (Å²) in [5, 5.41) is 21.2. The Morgan fingerprint density at radius 2 is 0.547 bits per heavy atom. The summed E-state index contributed by atoms with van der Waals surface area (Å²) in [4.78, 5) is 25.5. The summed E-state index contributed by atoms with van der Waals surface area (Å²) in [6.07, 6.45) is 44.6. The van der Waals surface area contributed by atoms with Crippen LogP contribution in [0.25, 0.3) is 0 Å². The minimum Gasteiger partial charge on any atom is -0.550 e. The van der Waals surface area contributed by atoms with Gasteiger partial charge in [-0.1, -0.05) is 206 Å². The van der Waals surface area contributed by atoms with Crippen LogP contribution in [0.2, 0.25) is 0 Å². The van der Waals surface area contributed by atoms with Gasteiger partial charge in [-0.15, -0.1) is 0 Å². The van der Waals surface area contributed by atoms with E-state index < -0.39 is 11.9 Å². The van der Waals surface area contributed by atoms with Crippen LogP contribution in [0.1, 0.15) is 246 Å². The van der Waals surface area contributed by atoms with Crippen molar-refractivity contribution in [2.24, 2.45) is 0 Å². The molecule has 0 aliphatic carbocycles. The molecule has 0 saturated heterocycles. The summed E-state index contributed by atoms with van der Waals surface area (Å²) in [6, 6.07) is 0.160. The Labute approximate surface area is 342 Å². The van der Waals surface area contributed by atoms with Crippen LogP contribution in [-0.2, 0) is 26.1 Å². The van der Waals surface area contributed by atoms with Gasteiger partial charge in [0.25, 0.3) is 0 Å². The molecule has 0 aromatic carbocycles. The van der Waals surface area contributed by atoms with Gasteiger partial charge in [-0.05, 0) is 53.9 Å². The normalized spacial score (nSPS) is 12.4. The monoisotopic (exact) mass is 795 g/mol. The maximum atomic E-state index is 10.6. The number of hydrogen-bond acceptors (Lipinski definition) is 6. The van der Waals surface area contributed by atoms with Gasteiger partial charge in [-0.2, -0.15) is 0 Å². The van der Waals surface area contributed by atoms with E-state index in [4.69, 9.17) is 0 Å². The Hall–Kier alpha value is -0.646. The van der Waals surface area contributed by atoms with Crippen molar-refractivity contribution < 1.29 is 36.3 Å². The Balaban J connectivity index is -0.000000926. The molecule has 53 heavy (non-hydrogen) atoms. The molecule has 0 rings (SSSR count). The summed E-state index contributed by atoms with van der Waals surface area (Å²) in [7, 11) is 4.03. The largest absolute Gasteiger partial charge is 2.00 e. The molecule has 0 saturated carbocycles. The predicted molar refractivity (Wildman–Crippen MR) is 223 cm³/mol. The van der Waals surface area contributed by atoms with Crippen molar-refractivity contribution in [3.05, 3.63) is 0 Å². The number of carboxylic acids is 2. The molecule has 0 aliphatic heterocycles. The summed E-state index contributed by atoms with van der Waals surface area (Å²) in [6.45, 7) is 10.5. The van der Waals surface area contributed by atoms with Crippen LogP contribution in [0.15, 0.2) is 0 Å². The van der Waals surface area contributed by atoms with Crippen molar-refractivity contribution in [1.29, 1.82) is 0 Å². The van der Waals surface area contributed by atoms with Crippen LogP contribution in [0, 0.1) is 0 Å². The minimum absolute atomic E-state index is 0. The first-order valence-electron chi connectivity index (χ1n) is 23.0. The van der Waals surface area contributed by atoms with Gasteiger partial charge < -0.3 is 29.6 Å².